The molecule has 1 fully saturated rings. The van der Waals surface area contributed by atoms with Gasteiger partial charge in [-0.15, -0.1) is 0 Å². The minimum absolute atomic E-state index is 0.0726. The van der Waals surface area contributed by atoms with Crippen molar-refractivity contribution in [1.29, 1.82) is 0 Å². The summed E-state index contributed by atoms with van der Waals surface area (Å²) in [6.07, 6.45) is -2.10. The van der Waals surface area contributed by atoms with E-state index in [0.29, 0.717) is 42.9 Å². The van der Waals surface area contributed by atoms with Crippen molar-refractivity contribution in [2.45, 2.75) is 31.9 Å². The molecule has 3 rings (SSSR count). The molecule has 2 aromatic rings. The zero-order chi connectivity index (χ0) is 24.9. The first-order valence-electron chi connectivity index (χ1n) is 10.8. The number of nitrogens with zero attached hydrogens (tertiary/aromatic N) is 1. The van der Waals surface area contributed by atoms with E-state index in [-0.39, 0.29) is 23.0 Å². The summed E-state index contributed by atoms with van der Waals surface area (Å²) >= 11 is 0. The van der Waals surface area contributed by atoms with Gasteiger partial charge in [-0.3, -0.25) is 4.79 Å². The summed E-state index contributed by atoms with van der Waals surface area (Å²) in [7, 11) is 0. The predicted molar refractivity (Wildman–Crippen MR) is 119 cm³/mol. The maximum absolute atomic E-state index is 13.3. The minimum atomic E-state index is -4.68. The van der Waals surface area contributed by atoms with E-state index in [1.165, 1.54) is 18.2 Å². The molecule has 0 radical (unpaired) electrons. The number of carboxylic acids is 1. The van der Waals surface area contributed by atoms with E-state index in [2.05, 4.69) is 16.7 Å². The van der Waals surface area contributed by atoms with E-state index in [1.807, 2.05) is 0 Å². The van der Waals surface area contributed by atoms with Crippen LogP contribution >= 0.6 is 0 Å². The molecule has 1 heterocycles. The first-order valence-corrected chi connectivity index (χ1v) is 10.8. The number of alkyl halides is 3. The molecule has 1 aliphatic heterocycles. The second kappa shape index (κ2) is 10.6. The van der Waals surface area contributed by atoms with E-state index < -0.39 is 23.5 Å². The van der Waals surface area contributed by atoms with Gasteiger partial charge in [-0.2, -0.15) is 13.2 Å². The Morgan fingerprint density at radius 1 is 1.06 bits per heavy atom. The highest BCUT2D eigenvalue weighted by atomic mass is 19.4. The molecule has 180 valence electrons. The fourth-order valence-electron chi connectivity index (χ4n) is 4.00. The van der Waals surface area contributed by atoms with Gasteiger partial charge in [0.1, 0.15) is 5.75 Å². The third-order valence-electron chi connectivity index (χ3n) is 5.90. The fraction of sp³-hybridized carbons (Fsp3) is 0.360. The number of hydrogen-bond donors (Lipinski definition) is 3. The number of aromatic carboxylic acids is 1. The minimum Gasteiger partial charge on any atom is -0.508 e. The lowest BCUT2D eigenvalue weighted by molar-refractivity contribution is -0.137. The number of phenolic OH excluding ortho intramolecular Hbond substituents is 1. The van der Waals surface area contributed by atoms with Crippen molar-refractivity contribution in [3.05, 3.63) is 64.2 Å². The van der Waals surface area contributed by atoms with Crippen molar-refractivity contribution in [2.24, 2.45) is 11.7 Å². The summed E-state index contributed by atoms with van der Waals surface area (Å²) in [5.41, 5.74) is 5.19. The summed E-state index contributed by atoms with van der Waals surface area (Å²) < 4.78 is 39.9. The molecular formula is C25H25F3N2O4. The first kappa shape index (κ1) is 25.1. The Balaban J connectivity index is 1.78. The zero-order valence-corrected chi connectivity index (χ0v) is 18.4. The van der Waals surface area contributed by atoms with E-state index in [1.54, 1.807) is 0 Å². The molecule has 0 aliphatic carbocycles. The smallest absolute Gasteiger partial charge is 0.417 e. The van der Waals surface area contributed by atoms with Crippen LogP contribution < -0.4 is 5.73 Å². The van der Waals surface area contributed by atoms with Crippen LogP contribution in [0.25, 0.3) is 0 Å². The lowest BCUT2D eigenvalue weighted by Crippen LogP contribution is -2.39. The maximum Gasteiger partial charge on any atom is 0.417 e. The third kappa shape index (κ3) is 6.51. The number of carbonyl (C=O) groups excluding carboxylic acids is 1. The largest absolute Gasteiger partial charge is 0.508 e. The van der Waals surface area contributed by atoms with Gasteiger partial charge in [0.05, 0.1) is 11.1 Å². The number of rotatable bonds is 6. The number of piperidine rings is 1. The summed E-state index contributed by atoms with van der Waals surface area (Å²) in [6, 6.07) is 7.22. The molecule has 0 saturated carbocycles. The number of nitrogens with two attached hydrogens (primary N) is 1. The van der Waals surface area contributed by atoms with Crippen molar-refractivity contribution >= 4 is 11.9 Å². The quantitative estimate of drug-likeness (QED) is 0.555. The second-order valence-corrected chi connectivity index (χ2v) is 8.28. The first-order chi connectivity index (χ1) is 16.0. The highest BCUT2D eigenvalue weighted by Gasteiger charge is 2.33. The number of carboxylic acid groups (broad SMARTS) is 1. The van der Waals surface area contributed by atoms with Crippen LogP contribution in [0.15, 0.2) is 36.4 Å². The van der Waals surface area contributed by atoms with Crippen LogP contribution in [0.3, 0.4) is 0 Å². The molecular weight excluding hydrogens is 449 g/mol. The normalized spacial score (nSPS) is 14.9. The van der Waals surface area contributed by atoms with Gasteiger partial charge in [-0.05, 0) is 87.3 Å². The van der Waals surface area contributed by atoms with Crippen LogP contribution in [0.2, 0.25) is 0 Å². The molecule has 0 atom stereocenters. The van der Waals surface area contributed by atoms with Crippen LogP contribution in [0, 0.1) is 17.8 Å². The predicted octanol–water partition coefficient (Wildman–Crippen LogP) is 3.64. The summed E-state index contributed by atoms with van der Waals surface area (Å²) in [5.74, 6) is 3.27. The van der Waals surface area contributed by atoms with Crippen LogP contribution in [0.1, 0.15) is 51.9 Å². The van der Waals surface area contributed by atoms with Gasteiger partial charge in [-0.1, -0.05) is 11.8 Å². The van der Waals surface area contributed by atoms with Crippen LogP contribution in [-0.4, -0.2) is 46.6 Å². The highest BCUT2D eigenvalue weighted by Crippen LogP contribution is 2.34. The Hall–Kier alpha value is -3.51. The van der Waals surface area contributed by atoms with Gasteiger partial charge in [0.2, 0.25) is 5.91 Å². The average Bonchev–Trinajstić information content (AvgIpc) is 2.78. The Morgan fingerprint density at radius 2 is 1.71 bits per heavy atom. The van der Waals surface area contributed by atoms with Crippen molar-refractivity contribution in [3.63, 3.8) is 0 Å². The number of phenols is 1. The molecule has 1 saturated heterocycles. The monoisotopic (exact) mass is 474 g/mol. The lowest BCUT2D eigenvalue weighted by atomic mass is 9.95. The Bertz CT molecular complexity index is 1130. The second-order valence-electron chi connectivity index (χ2n) is 8.28. The molecule has 6 nitrogen and oxygen atoms in total. The molecule has 0 unspecified atom stereocenters. The van der Waals surface area contributed by atoms with Gasteiger partial charge in [-0.25, -0.2) is 4.79 Å². The van der Waals surface area contributed by atoms with Gasteiger partial charge in [0.25, 0.3) is 0 Å². The third-order valence-corrected chi connectivity index (χ3v) is 5.90. The van der Waals surface area contributed by atoms with Crippen molar-refractivity contribution < 1.29 is 33.0 Å². The van der Waals surface area contributed by atoms with Crippen molar-refractivity contribution in [3.8, 4) is 17.6 Å². The number of likely N-dealkylation sites (tertiary alicyclic amines) is 1. The standard InChI is InChI=1S/C25H25F3N2O4/c26-25(27,28)22-15-21(31)8-7-17(22)5-3-16-4-6-20(24(33)34)14-19(16)2-1-11-30-12-9-18(10-13-30)23(29)32/h4,6-8,14-15,18,31H,1-2,9-13H2,(H2,29,32)(H,33,34). The number of aryl methyl sites for hydroxylation is 1. The number of primary amides is 1. The van der Waals surface area contributed by atoms with Crippen molar-refractivity contribution in [1.82, 2.24) is 4.90 Å². The van der Waals surface area contributed by atoms with E-state index in [0.717, 1.165) is 31.8 Å². The van der Waals surface area contributed by atoms with Gasteiger partial charge in [0.15, 0.2) is 0 Å². The average molecular weight is 474 g/mol. The van der Waals surface area contributed by atoms with Gasteiger partial charge >= 0.3 is 12.1 Å². The van der Waals surface area contributed by atoms with E-state index in [9.17, 15) is 33.0 Å². The topological polar surface area (TPSA) is 104 Å². The highest BCUT2D eigenvalue weighted by molar-refractivity contribution is 5.88. The lowest BCUT2D eigenvalue weighted by Gasteiger charge is -2.30. The SMILES string of the molecule is NC(=O)C1CCN(CCCc2cc(C(=O)O)ccc2C#Cc2ccc(O)cc2C(F)(F)F)CC1. The fourth-order valence-corrected chi connectivity index (χ4v) is 4.00. The molecule has 0 bridgehead atoms. The molecule has 2 aromatic carbocycles. The number of halogens is 3. The van der Waals surface area contributed by atoms with Crippen LogP contribution in [0.4, 0.5) is 13.2 Å². The summed E-state index contributed by atoms with van der Waals surface area (Å²) in [4.78, 5) is 24.9. The molecule has 4 N–H and O–H groups in total. The number of aromatic hydroxyl groups is 1. The number of benzene rings is 2. The van der Waals surface area contributed by atoms with Crippen LogP contribution in [-0.2, 0) is 17.4 Å². The number of amides is 1. The Morgan fingerprint density at radius 3 is 2.32 bits per heavy atom. The molecule has 1 amide bonds. The Labute approximate surface area is 195 Å². The molecule has 0 aromatic heterocycles. The molecule has 0 spiro atoms. The zero-order valence-electron chi connectivity index (χ0n) is 18.4. The van der Waals surface area contributed by atoms with E-state index in [4.69, 9.17) is 5.73 Å². The molecule has 1 aliphatic rings. The molecule has 34 heavy (non-hydrogen) atoms. The maximum atomic E-state index is 13.3. The summed E-state index contributed by atoms with van der Waals surface area (Å²) in [5, 5.41) is 18.8. The molecule has 9 heteroatoms. The van der Waals surface area contributed by atoms with Crippen molar-refractivity contribution in [2.75, 3.05) is 19.6 Å². The number of hydrogen-bond acceptors (Lipinski definition) is 4. The van der Waals surface area contributed by atoms with Gasteiger partial charge in [0, 0.05) is 17.0 Å². The Kier molecular flexibility index (Phi) is 7.84. The van der Waals surface area contributed by atoms with E-state index >= 15 is 0 Å². The summed E-state index contributed by atoms with van der Waals surface area (Å²) in [6.45, 7) is 2.22. The van der Waals surface area contributed by atoms with Gasteiger partial charge < -0.3 is 20.8 Å². The number of carbonyl (C=O) groups is 2. The van der Waals surface area contributed by atoms with Crippen LogP contribution in [0.5, 0.6) is 5.75 Å².